The van der Waals surface area contributed by atoms with Gasteiger partial charge in [-0.2, -0.15) is 0 Å². The van der Waals surface area contributed by atoms with Crippen LogP contribution in [0.15, 0.2) is 30.6 Å². The molecular weight excluding hydrogens is 229 g/mol. The zero-order chi connectivity index (χ0) is 13.0. The van der Waals surface area contributed by atoms with Crippen LogP contribution in [0.25, 0.3) is 11.3 Å². The van der Waals surface area contributed by atoms with Crippen molar-refractivity contribution >= 4 is 5.82 Å². The van der Waals surface area contributed by atoms with Gasteiger partial charge in [-0.05, 0) is 25.0 Å². The van der Waals surface area contributed by atoms with Crippen molar-refractivity contribution in [3.63, 3.8) is 0 Å². The fourth-order valence-corrected chi connectivity index (χ4v) is 1.77. The second kappa shape index (κ2) is 5.58. The Bertz CT molecular complexity index is 540. The van der Waals surface area contributed by atoms with E-state index in [0.29, 0.717) is 17.1 Å². The molecule has 0 atom stereocenters. The van der Waals surface area contributed by atoms with Crippen molar-refractivity contribution in [2.45, 2.75) is 20.3 Å². The van der Waals surface area contributed by atoms with E-state index in [0.717, 1.165) is 18.5 Å². The molecule has 0 aliphatic carbocycles. The van der Waals surface area contributed by atoms with Crippen molar-refractivity contribution in [1.82, 2.24) is 9.97 Å². The summed E-state index contributed by atoms with van der Waals surface area (Å²) in [5.41, 5.74) is 2.07. The first-order valence-electron chi connectivity index (χ1n) is 6.04. The molecule has 0 spiro atoms. The van der Waals surface area contributed by atoms with E-state index < -0.39 is 0 Å². The summed E-state index contributed by atoms with van der Waals surface area (Å²) in [7, 11) is 0. The van der Waals surface area contributed by atoms with Gasteiger partial charge in [0.2, 0.25) is 0 Å². The zero-order valence-electron chi connectivity index (χ0n) is 10.6. The normalized spacial score (nSPS) is 10.4. The molecule has 0 bridgehead atoms. The maximum absolute atomic E-state index is 13.6. The first-order valence-corrected chi connectivity index (χ1v) is 6.04. The number of anilines is 1. The highest BCUT2D eigenvalue weighted by Gasteiger charge is 2.11. The summed E-state index contributed by atoms with van der Waals surface area (Å²) in [6.45, 7) is 4.65. The summed E-state index contributed by atoms with van der Waals surface area (Å²) in [6, 6.07) is 5.00. The van der Waals surface area contributed by atoms with E-state index in [-0.39, 0.29) is 5.82 Å². The van der Waals surface area contributed by atoms with Gasteiger partial charge in [-0.15, -0.1) is 0 Å². The molecule has 2 rings (SSSR count). The number of hydrogen-bond acceptors (Lipinski definition) is 3. The van der Waals surface area contributed by atoms with E-state index >= 15 is 0 Å². The second-order valence-electron chi connectivity index (χ2n) is 4.09. The Morgan fingerprint density at radius 3 is 2.78 bits per heavy atom. The molecule has 4 heteroatoms. The van der Waals surface area contributed by atoms with Crippen molar-refractivity contribution < 1.29 is 4.39 Å². The van der Waals surface area contributed by atoms with Gasteiger partial charge in [-0.1, -0.05) is 19.1 Å². The van der Waals surface area contributed by atoms with Gasteiger partial charge in [0.1, 0.15) is 11.5 Å². The Labute approximate surface area is 106 Å². The predicted molar refractivity (Wildman–Crippen MR) is 70.9 cm³/mol. The molecule has 3 nitrogen and oxygen atoms in total. The number of rotatable bonds is 4. The highest BCUT2D eigenvalue weighted by Crippen LogP contribution is 2.27. The van der Waals surface area contributed by atoms with Gasteiger partial charge < -0.3 is 5.32 Å². The molecule has 0 aliphatic rings. The van der Waals surface area contributed by atoms with Crippen molar-refractivity contribution in [1.29, 1.82) is 0 Å². The highest BCUT2D eigenvalue weighted by molar-refractivity contribution is 5.73. The zero-order valence-corrected chi connectivity index (χ0v) is 10.6. The quantitative estimate of drug-likeness (QED) is 0.897. The topological polar surface area (TPSA) is 37.8 Å². The smallest absolute Gasteiger partial charge is 0.152 e. The fraction of sp³-hybridized carbons (Fsp3) is 0.286. The lowest BCUT2D eigenvalue weighted by atomic mass is 10.0. The lowest BCUT2D eigenvalue weighted by molar-refractivity contribution is 0.619. The molecule has 18 heavy (non-hydrogen) atoms. The monoisotopic (exact) mass is 245 g/mol. The van der Waals surface area contributed by atoms with Gasteiger partial charge in [0, 0.05) is 24.5 Å². The van der Waals surface area contributed by atoms with Crippen molar-refractivity contribution in [2.75, 3.05) is 11.9 Å². The average Bonchev–Trinajstić information content (AvgIpc) is 2.40. The minimum atomic E-state index is -0.223. The molecule has 1 aromatic carbocycles. The molecule has 94 valence electrons. The Balaban J connectivity index is 2.46. The molecule has 0 saturated carbocycles. The van der Waals surface area contributed by atoms with Crippen LogP contribution in [0.4, 0.5) is 10.2 Å². The maximum atomic E-state index is 13.6. The molecule has 0 saturated heterocycles. The number of aromatic nitrogens is 2. The largest absolute Gasteiger partial charge is 0.368 e. The number of nitrogens with one attached hydrogen (secondary N) is 1. The lowest BCUT2D eigenvalue weighted by Crippen LogP contribution is -2.05. The van der Waals surface area contributed by atoms with Crippen LogP contribution in [0, 0.1) is 12.7 Å². The van der Waals surface area contributed by atoms with Gasteiger partial charge in [-0.3, -0.25) is 4.98 Å². The maximum Gasteiger partial charge on any atom is 0.152 e. The van der Waals surface area contributed by atoms with Gasteiger partial charge in [-0.25, -0.2) is 9.37 Å². The van der Waals surface area contributed by atoms with Crippen LogP contribution in [0.2, 0.25) is 0 Å². The van der Waals surface area contributed by atoms with Crippen molar-refractivity contribution in [3.05, 3.63) is 42.0 Å². The molecular formula is C14H16FN3. The lowest BCUT2D eigenvalue weighted by Gasteiger charge is -2.11. The first-order chi connectivity index (χ1) is 8.74. The summed E-state index contributed by atoms with van der Waals surface area (Å²) in [5.74, 6) is 0.479. The van der Waals surface area contributed by atoms with Crippen molar-refractivity contribution in [3.8, 4) is 11.3 Å². The molecule has 1 aromatic heterocycles. The van der Waals surface area contributed by atoms with E-state index in [2.05, 4.69) is 22.2 Å². The minimum Gasteiger partial charge on any atom is -0.368 e. The van der Waals surface area contributed by atoms with Gasteiger partial charge >= 0.3 is 0 Å². The SMILES string of the molecule is CCCNc1nccnc1-c1cccc(F)c1C. The summed E-state index contributed by atoms with van der Waals surface area (Å²) in [6.07, 6.45) is 4.26. The van der Waals surface area contributed by atoms with Crippen LogP contribution >= 0.6 is 0 Å². The molecule has 0 radical (unpaired) electrons. The Morgan fingerprint density at radius 2 is 2.00 bits per heavy atom. The van der Waals surface area contributed by atoms with Gasteiger partial charge in [0.15, 0.2) is 5.82 Å². The molecule has 2 aromatic rings. The molecule has 1 heterocycles. The van der Waals surface area contributed by atoms with E-state index in [1.54, 1.807) is 25.4 Å². The molecule has 0 amide bonds. The number of benzene rings is 1. The van der Waals surface area contributed by atoms with Crippen LogP contribution in [-0.4, -0.2) is 16.5 Å². The summed E-state index contributed by atoms with van der Waals surface area (Å²) < 4.78 is 13.6. The Kier molecular flexibility index (Phi) is 3.87. The summed E-state index contributed by atoms with van der Waals surface area (Å²) in [4.78, 5) is 8.58. The third-order valence-electron chi connectivity index (χ3n) is 2.76. The fourth-order valence-electron chi connectivity index (χ4n) is 1.77. The van der Waals surface area contributed by atoms with Crippen LogP contribution in [0.5, 0.6) is 0 Å². The van der Waals surface area contributed by atoms with Gasteiger partial charge in [0.05, 0.1) is 0 Å². The predicted octanol–water partition coefficient (Wildman–Crippen LogP) is 3.41. The third kappa shape index (κ3) is 2.47. The van der Waals surface area contributed by atoms with E-state index in [4.69, 9.17) is 0 Å². The van der Waals surface area contributed by atoms with Crippen LogP contribution in [0.1, 0.15) is 18.9 Å². The Hall–Kier alpha value is -1.97. The summed E-state index contributed by atoms with van der Waals surface area (Å²) >= 11 is 0. The average molecular weight is 245 g/mol. The highest BCUT2D eigenvalue weighted by atomic mass is 19.1. The van der Waals surface area contributed by atoms with E-state index in [1.165, 1.54) is 6.07 Å². The molecule has 0 aliphatic heterocycles. The number of hydrogen-bond donors (Lipinski definition) is 1. The second-order valence-corrected chi connectivity index (χ2v) is 4.09. The van der Waals surface area contributed by atoms with E-state index in [1.807, 2.05) is 6.07 Å². The van der Waals surface area contributed by atoms with Gasteiger partial charge in [0.25, 0.3) is 0 Å². The summed E-state index contributed by atoms with van der Waals surface area (Å²) in [5, 5.41) is 3.21. The minimum absolute atomic E-state index is 0.223. The number of halogens is 1. The van der Waals surface area contributed by atoms with Crippen molar-refractivity contribution in [2.24, 2.45) is 0 Å². The Morgan fingerprint density at radius 1 is 1.22 bits per heavy atom. The standard InChI is InChI=1S/C14H16FN3/c1-3-7-17-14-13(16-8-9-18-14)11-5-4-6-12(15)10(11)2/h4-6,8-9H,3,7H2,1-2H3,(H,17,18). The molecule has 1 N–H and O–H groups in total. The first kappa shape index (κ1) is 12.5. The number of nitrogens with zero attached hydrogens (tertiary/aromatic N) is 2. The van der Waals surface area contributed by atoms with Crippen LogP contribution in [0.3, 0.4) is 0 Å². The van der Waals surface area contributed by atoms with Crippen LogP contribution in [-0.2, 0) is 0 Å². The van der Waals surface area contributed by atoms with Crippen LogP contribution < -0.4 is 5.32 Å². The van der Waals surface area contributed by atoms with E-state index in [9.17, 15) is 4.39 Å². The third-order valence-corrected chi connectivity index (χ3v) is 2.76. The molecule has 0 unspecified atom stereocenters. The molecule has 0 fully saturated rings.